The van der Waals surface area contributed by atoms with E-state index in [4.69, 9.17) is 23.2 Å². The van der Waals surface area contributed by atoms with E-state index in [-0.39, 0.29) is 11.5 Å². The molecule has 37 heavy (non-hydrogen) atoms. The largest absolute Gasteiger partial charge is 0.366 e. The molecule has 2 amide bonds. The summed E-state index contributed by atoms with van der Waals surface area (Å²) in [7, 11) is 1.52. The lowest BCUT2D eigenvalue weighted by Crippen LogP contribution is -2.45. The summed E-state index contributed by atoms with van der Waals surface area (Å²) in [6, 6.07) is 12.5. The van der Waals surface area contributed by atoms with E-state index in [1.54, 1.807) is 41.0 Å². The Morgan fingerprint density at radius 3 is 2.73 bits per heavy atom. The van der Waals surface area contributed by atoms with Crippen molar-refractivity contribution in [3.63, 3.8) is 0 Å². The molecule has 2 aromatic heterocycles. The maximum absolute atomic E-state index is 15.2. The van der Waals surface area contributed by atoms with Crippen LogP contribution in [-0.4, -0.2) is 50.9 Å². The summed E-state index contributed by atoms with van der Waals surface area (Å²) in [5.41, 5.74) is 2.32. The number of likely N-dealkylation sites (tertiary alicyclic amines) is 1. The fraction of sp³-hybridized carbons (Fsp3) is 0.231. The predicted molar refractivity (Wildman–Crippen MR) is 140 cm³/mol. The number of halogens is 3. The van der Waals surface area contributed by atoms with Crippen LogP contribution in [-0.2, 0) is 11.3 Å². The molecule has 0 spiro atoms. The average Bonchev–Trinajstić information content (AvgIpc) is 3.57. The van der Waals surface area contributed by atoms with Gasteiger partial charge in [-0.2, -0.15) is 9.61 Å². The first-order valence-electron chi connectivity index (χ1n) is 11.7. The molecule has 0 unspecified atom stereocenters. The molecule has 1 fully saturated rings. The van der Waals surface area contributed by atoms with Crippen LogP contribution in [0.4, 0.5) is 10.2 Å². The molecule has 0 aliphatic carbocycles. The highest BCUT2D eigenvalue weighted by atomic mass is 35.5. The summed E-state index contributed by atoms with van der Waals surface area (Å²) in [5, 5.41) is 11.3. The third-order valence-electron chi connectivity index (χ3n) is 6.39. The van der Waals surface area contributed by atoms with Crippen LogP contribution in [0, 0.1) is 5.82 Å². The second-order valence-corrected chi connectivity index (χ2v) is 9.53. The van der Waals surface area contributed by atoms with Crippen molar-refractivity contribution in [2.24, 2.45) is 0 Å². The minimum absolute atomic E-state index is 0.0827. The number of rotatable bonds is 6. The molecule has 11 heteroatoms. The Bertz CT molecular complexity index is 1510. The number of carbonyl (C=O) groups excluding carboxylic acids is 2. The number of aromatic nitrogens is 3. The maximum atomic E-state index is 15.2. The van der Waals surface area contributed by atoms with Gasteiger partial charge in [-0.3, -0.25) is 9.59 Å². The number of fused-ring (bicyclic) bond motifs is 1. The Balaban J connectivity index is 1.42. The number of hydrogen-bond donors (Lipinski definition) is 2. The minimum Gasteiger partial charge on any atom is -0.366 e. The fourth-order valence-electron chi connectivity index (χ4n) is 4.49. The Labute approximate surface area is 222 Å². The zero-order chi connectivity index (χ0) is 26.1. The quantitative estimate of drug-likeness (QED) is 0.366. The normalized spacial score (nSPS) is 15.2. The molecule has 3 heterocycles. The summed E-state index contributed by atoms with van der Waals surface area (Å²) in [4.78, 5) is 31.2. The number of hydrogen-bond acceptors (Lipinski definition) is 5. The van der Waals surface area contributed by atoms with Gasteiger partial charge in [-0.25, -0.2) is 9.37 Å². The third kappa shape index (κ3) is 4.97. The SMILES string of the molecule is CNC(=O)[C@@H]1CCCN1C(=O)c1ccc(-c2cc(NCc3ccc(Cl)cc3Cl)n3nccc3n2)cc1F. The zero-order valence-electron chi connectivity index (χ0n) is 19.8. The van der Waals surface area contributed by atoms with Crippen LogP contribution in [0.2, 0.25) is 10.0 Å². The number of nitrogens with zero attached hydrogens (tertiary/aromatic N) is 4. The van der Waals surface area contributed by atoms with Gasteiger partial charge in [-0.05, 0) is 42.7 Å². The zero-order valence-corrected chi connectivity index (χ0v) is 21.4. The summed E-state index contributed by atoms with van der Waals surface area (Å²) >= 11 is 12.3. The standard InChI is InChI=1S/C26H23Cl2FN6O2/c1-30-25(36)22-3-2-10-34(22)26(37)18-7-5-15(11-20(18)29)21-13-24(35-23(33-21)8-9-32-35)31-14-16-4-6-17(27)12-19(16)28/h4-9,11-13,22,31H,2-3,10,14H2,1H3,(H,30,36)/t22-/m0/s1. The van der Waals surface area contributed by atoms with Gasteiger partial charge in [-0.15, -0.1) is 0 Å². The van der Waals surface area contributed by atoms with Gasteiger partial charge >= 0.3 is 0 Å². The Morgan fingerprint density at radius 2 is 1.97 bits per heavy atom. The molecule has 0 radical (unpaired) electrons. The lowest BCUT2D eigenvalue weighted by atomic mass is 10.1. The monoisotopic (exact) mass is 540 g/mol. The third-order valence-corrected chi connectivity index (χ3v) is 6.98. The Kier molecular flexibility index (Phi) is 6.99. The van der Waals surface area contributed by atoms with Crippen LogP contribution < -0.4 is 10.6 Å². The van der Waals surface area contributed by atoms with E-state index in [0.717, 1.165) is 5.56 Å². The molecule has 5 rings (SSSR count). The van der Waals surface area contributed by atoms with Crippen LogP contribution >= 0.6 is 23.2 Å². The van der Waals surface area contributed by atoms with E-state index in [1.165, 1.54) is 24.1 Å². The number of likely N-dealkylation sites (N-methyl/N-ethyl adjacent to an activating group) is 1. The van der Waals surface area contributed by atoms with Crippen LogP contribution in [0.5, 0.6) is 0 Å². The molecule has 2 aromatic carbocycles. The van der Waals surface area contributed by atoms with Gasteiger partial charge in [0.25, 0.3) is 5.91 Å². The number of amides is 2. The second-order valence-electron chi connectivity index (χ2n) is 8.68. The van der Waals surface area contributed by atoms with E-state index in [0.29, 0.717) is 58.7 Å². The molecule has 2 N–H and O–H groups in total. The van der Waals surface area contributed by atoms with Gasteiger partial charge in [0, 0.05) is 47.9 Å². The van der Waals surface area contributed by atoms with Crippen molar-refractivity contribution in [2.45, 2.75) is 25.4 Å². The minimum atomic E-state index is -0.678. The first-order chi connectivity index (χ1) is 17.9. The van der Waals surface area contributed by atoms with Crippen LogP contribution in [0.25, 0.3) is 16.9 Å². The molecule has 190 valence electrons. The van der Waals surface area contributed by atoms with Gasteiger partial charge < -0.3 is 15.5 Å². The molecule has 0 saturated carbocycles. The maximum Gasteiger partial charge on any atom is 0.257 e. The Morgan fingerprint density at radius 1 is 1.14 bits per heavy atom. The van der Waals surface area contributed by atoms with Crippen LogP contribution in [0.1, 0.15) is 28.8 Å². The van der Waals surface area contributed by atoms with Gasteiger partial charge in [-0.1, -0.05) is 35.3 Å². The second kappa shape index (κ2) is 10.4. The highest BCUT2D eigenvalue weighted by Gasteiger charge is 2.35. The van der Waals surface area contributed by atoms with E-state index >= 15 is 4.39 Å². The van der Waals surface area contributed by atoms with Crippen molar-refractivity contribution in [3.8, 4) is 11.3 Å². The summed E-state index contributed by atoms with van der Waals surface area (Å²) in [5.74, 6) is -0.803. The van der Waals surface area contributed by atoms with Crippen molar-refractivity contribution in [1.29, 1.82) is 0 Å². The molecule has 1 aliphatic rings. The highest BCUT2D eigenvalue weighted by molar-refractivity contribution is 6.35. The van der Waals surface area contributed by atoms with Crippen LogP contribution in [0.3, 0.4) is 0 Å². The summed E-state index contributed by atoms with van der Waals surface area (Å²) in [6.07, 6.45) is 2.86. The van der Waals surface area contributed by atoms with Gasteiger partial charge in [0.1, 0.15) is 17.7 Å². The van der Waals surface area contributed by atoms with E-state index in [2.05, 4.69) is 20.7 Å². The summed E-state index contributed by atoms with van der Waals surface area (Å²) in [6.45, 7) is 0.808. The van der Waals surface area contributed by atoms with Crippen molar-refractivity contribution >= 4 is 46.5 Å². The highest BCUT2D eigenvalue weighted by Crippen LogP contribution is 2.28. The Hall–Kier alpha value is -3.69. The first-order valence-corrected chi connectivity index (χ1v) is 12.5. The molecule has 8 nitrogen and oxygen atoms in total. The number of anilines is 1. The molecule has 1 saturated heterocycles. The van der Waals surface area contributed by atoms with Crippen molar-refractivity contribution in [1.82, 2.24) is 24.8 Å². The van der Waals surface area contributed by atoms with E-state index < -0.39 is 17.8 Å². The van der Waals surface area contributed by atoms with Crippen molar-refractivity contribution in [3.05, 3.63) is 81.7 Å². The average molecular weight is 541 g/mol. The number of benzene rings is 2. The number of nitrogens with one attached hydrogen (secondary N) is 2. The van der Waals surface area contributed by atoms with Crippen molar-refractivity contribution in [2.75, 3.05) is 18.9 Å². The fourth-order valence-corrected chi connectivity index (χ4v) is 4.96. The molecule has 1 aliphatic heterocycles. The van der Waals surface area contributed by atoms with E-state index in [1.807, 2.05) is 6.07 Å². The lowest BCUT2D eigenvalue weighted by molar-refractivity contribution is -0.124. The van der Waals surface area contributed by atoms with Crippen molar-refractivity contribution < 1.29 is 14.0 Å². The smallest absolute Gasteiger partial charge is 0.257 e. The molecular weight excluding hydrogens is 518 g/mol. The number of carbonyl (C=O) groups is 2. The molecule has 4 aromatic rings. The van der Waals surface area contributed by atoms with E-state index in [9.17, 15) is 9.59 Å². The van der Waals surface area contributed by atoms with Gasteiger partial charge in [0.05, 0.1) is 17.5 Å². The predicted octanol–water partition coefficient (Wildman–Crippen LogP) is 4.80. The van der Waals surface area contributed by atoms with Gasteiger partial charge in [0.2, 0.25) is 5.91 Å². The molecule has 1 atom stereocenters. The summed E-state index contributed by atoms with van der Waals surface area (Å²) < 4.78 is 16.8. The molecular formula is C26H23Cl2FN6O2. The topological polar surface area (TPSA) is 91.6 Å². The van der Waals surface area contributed by atoms with Crippen LogP contribution in [0.15, 0.2) is 54.7 Å². The lowest BCUT2D eigenvalue weighted by Gasteiger charge is -2.23. The molecule has 0 bridgehead atoms. The van der Waals surface area contributed by atoms with Gasteiger partial charge in [0.15, 0.2) is 5.65 Å². The first kappa shape index (κ1) is 25.0.